The van der Waals surface area contributed by atoms with Gasteiger partial charge in [0.25, 0.3) is 0 Å². The van der Waals surface area contributed by atoms with Crippen molar-refractivity contribution >= 4 is 23.4 Å². The highest BCUT2D eigenvalue weighted by Gasteiger charge is 2.17. The van der Waals surface area contributed by atoms with Crippen LogP contribution < -0.4 is 14.8 Å². The SMILES string of the molecule is C[C@H](Sc1ccc2c(c1)OCCCO2)C(=O)Nc1ccc(C#N)cc1. The van der Waals surface area contributed by atoms with Gasteiger partial charge < -0.3 is 14.8 Å². The van der Waals surface area contributed by atoms with E-state index in [1.165, 1.54) is 11.8 Å². The number of carbonyl (C=O) groups excluding carboxylic acids is 1. The van der Waals surface area contributed by atoms with E-state index in [9.17, 15) is 4.79 Å². The van der Waals surface area contributed by atoms with Crippen molar-refractivity contribution in [2.24, 2.45) is 0 Å². The second-order valence-corrected chi connectivity index (χ2v) is 7.01. The van der Waals surface area contributed by atoms with Crippen LogP contribution in [0, 0.1) is 11.3 Å². The zero-order valence-corrected chi connectivity index (χ0v) is 14.6. The lowest BCUT2D eigenvalue weighted by Crippen LogP contribution is -2.22. The molecule has 6 heteroatoms. The zero-order valence-electron chi connectivity index (χ0n) is 13.8. The summed E-state index contributed by atoms with van der Waals surface area (Å²) in [7, 11) is 0. The highest BCUT2D eigenvalue weighted by molar-refractivity contribution is 8.00. The van der Waals surface area contributed by atoms with Gasteiger partial charge in [0.15, 0.2) is 11.5 Å². The van der Waals surface area contributed by atoms with Gasteiger partial charge in [-0.25, -0.2) is 0 Å². The van der Waals surface area contributed by atoms with Crippen molar-refractivity contribution in [3.63, 3.8) is 0 Å². The predicted molar refractivity (Wildman–Crippen MR) is 97.2 cm³/mol. The molecule has 1 heterocycles. The van der Waals surface area contributed by atoms with E-state index in [1.54, 1.807) is 24.3 Å². The molecule has 0 fully saturated rings. The summed E-state index contributed by atoms with van der Waals surface area (Å²) in [5.41, 5.74) is 1.24. The number of thioether (sulfide) groups is 1. The van der Waals surface area contributed by atoms with Crippen molar-refractivity contribution in [1.29, 1.82) is 5.26 Å². The van der Waals surface area contributed by atoms with Crippen LogP contribution in [-0.4, -0.2) is 24.4 Å². The summed E-state index contributed by atoms with van der Waals surface area (Å²) in [6, 6.07) is 14.6. The molecule has 0 radical (unpaired) electrons. The summed E-state index contributed by atoms with van der Waals surface area (Å²) in [4.78, 5) is 13.3. The number of ether oxygens (including phenoxy) is 2. The number of nitrogens with zero attached hydrogens (tertiary/aromatic N) is 1. The second-order valence-electron chi connectivity index (χ2n) is 5.60. The zero-order chi connectivity index (χ0) is 17.6. The number of carbonyl (C=O) groups is 1. The predicted octanol–water partition coefficient (Wildman–Crippen LogP) is 3.84. The molecule has 0 bridgehead atoms. The van der Waals surface area contributed by atoms with Gasteiger partial charge in [0.1, 0.15) is 0 Å². The number of benzene rings is 2. The molecule has 2 aromatic rings. The van der Waals surface area contributed by atoms with Gasteiger partial charge in [-0.1, -0.05) is 0 Å². The van der Waals surface area contributed by atoms with E-state index in [-0.39, 0.29) is 11.2 Å². The van der Waals surface area contributed by atoms with Gasteiger partial charge in [0, 0.05) is 17.0 Å². The molecule has 3 rings (SSSR count). The summed E-state index contributed by atoms with van der Waals surface area (Å²) < 4.78 is 11.3. The second kappa shape index (κ2) is 7.95. The number of hydrogen-bond donors (Lipinski definition) is 1. The number of fused-ring (bicyclic) bond motifs is 1. The average molecular weight is 354 g/mol. The Morgan fingerprint density at radius 1 is 1.16 bits per heavy atom. The number of hydrogen-bond acceptors (Lipinski definition) is 5. The third kappa shape index (κ3) is 4.46. The fourth-order valence-corrected chi connectivity index (χ4v) is 3.24. The molecule has 1 aliphatic heterocycles. The lowest BCUT2D eigenvalue weighted by atomic mass is 10.2. The number of nitrogens with one attached hydrogen (secondary N) is 1. The lowest BCUT2D eigenvalue weighted by Gasteiger charge is -2.14. The van der Waals surface area contributed by atoms with Gasteiger partial charge in [0.05, 0.1) is 30.1 Å². The Hall–Kier alpha value is -2.65. The standard InChI is InChI=1S/C19H18N2O3S/c1-13(19(22)21-15-5-3-14(12-20)4-6-15)25-16-7-8-17-18(11-16)24-10-2-9-23-17/h3-8,11,13H,2,9-10H2,1H3,(H,21,22)/t13-/m0/s1. The first-order chi connectivity index (χ1) is 12.2. The van der Waals surface area contributed by atoms with Crippen molar-refractivity contribution in [3.8, 4) is 17.6 Å². The van der Waals surface area contributed by atoms with Gasteiger partial charge in [-0.3, -0.25) is 4.79 Å². The average Bonchev–Trinajstić information content (AvgIpc) is 2.87. The fourth-order valence-electron chi connectivity index (χ4n) is 2.35. The molecule has 1 N–H and O–H groups in total. The molecule has 128 valence electrons. The van der Waals surface area contributed by atoms with E-state index in [0.717, 1.165) is 22.8 Å². The molecule has 2 aromatic carbocycles. The van der Waals surface area contributed by atoms with Gasteiger partial charge in [0.2, 0.25) is 5.91 Å². The molecule has 0 aromatic heterocycles. The first-order valence-corrected chi connectivity index (χ1v) is 8.91. The Labute approximate surface area is 150 Å². The minimum Gasteiger partial charge on any atom is -0.490 e. The molecule has 1 aliphatic rings. The Morgan fingerprint density at radius 2 is 1.88 bits per heavy atom. The maximum absolute atomic E-state index is 12.4. The highest BCUT2D eigenvalue weighted by atomic mass is 32.2. The third-order valence-electron chi connectivity index (χ3n) is 3.68. The number of amides is 1. The van der Waals surface area contributed by atoms with Crippen molar-refractivity contribution in [1.82, 2.24) is 0 Å². The summed E-state index contributed by atoms with van der Waals surface area (Å²) >= 11 is 1.46. The maximum atomic E-state index is 12.4. The number of nitriles is 1. The van der Waals surface area contributed by atoms with E-state index in [0.29, 0.717) is 24.5 Å². The van der Waals surface area contributed by atoms with Crippen LogP contribution in [0.1, 0.15) is 18.9 Å². The van der Waals surface area contributed by atoms with Crippen LogP contribution in [0.15, 0.2) is 47.4 Å². The molecule has 0 saturated carbocycles. The van der Waals surface area contributed by atoms with Crippen LogP contribution in [0.5, 0.6) is 11.5 Å². The molecule has 0 spiro atoms. The minimum absolute atomic E-state index is 0.0955. The maximum Gasteiger partial charge on any atom is 0.237 e. The van der Waals surface area contributed by atoms with Crippen LogP contribution >= 0.6 is 11.8 Å². The summed E-state index contributed by atoms with van der Waals surface area (Å²) in [5.74, 6) is 1.38. The summed E-state index contributed by atoms with van der Waals surface area (Å²) in [5, 5.41) is 11.4. The number of rotatable bonds is 4. The smallest absolute Gasteiger partial charge is 0.237 e. The van der Waals surface area contributed by atoms with Gasteiger partial charge in [-0.2, -0.15) is 5.26 Å². The van der Waals surface area contributed by atoms with E-state index < -0.39 is 0 Å². The number of anilines is 1. The summed E-state index contributed by atoms with van der Waals surface area (Å²) in [6.45, 7) is 3.14. The highest BCUT2D eigenvalue weighted by Crippen LogP contribution is 2.35. The Morgan fingerprint density at radius 3 is 2.60 bits per heavy atom. The Balaban J connectivity index is 1.63. The van der Waals surface area contributed by atoms with Gasteiger partial charge in [-0.15, -0.1) is 11.8 Å². The molecule has 0 unspecified atom stereocenters. The molecular formula is C19H18N2O3S. The minimum atomic E-state index is -0.277. The van der Waals surface area contributed by atoms with Crippen molar-refractivity contribution in [2.75, 3.05) is 18.5 Å². The normalized spacial score (nSPS) is 14.1. The largest absolute Gasteiger partial charge is 0.490 e. The van der Waals surface area contributed by atoms with E-state index in [2.05, 4.69) is 11.4 Å². The first kappa shape index (κ1) is 17.2. The fraction of sp³-hybridized carbons (Fsp3) is 0.263. The summed E-state index contributed by atoms with van der Waals surface area (Å²) in [6.07, 6.45) is 0.862. The molecule has 0 saturated heterocycles. The topological polar surface area (TPSA) is 71.3 Å². The first-order valence-electron chi connectivity index (χ1n) is 8.03. The monoisotopic (exact) mass is 354 g/mol. The van der Waals surface area contributed by atoms with Crippen molar-refractivity contribution in [3.05, 3.63) is 48.0 Å². The van der Waals surface area contributed by atoms with Gasteiger partial charge in [-0.05, 0) is 49.4 Å². The van der Waals surface area contributed by atoms with Crippen molar-refractivity contribution in [2.45, 2.75) is 23.5 Å². The molecule has 0 aliphatic carbocycles. The molecule has 5 nitrogen and oxygen atoms in total. The molecule has 25 heavy (non-hydrogen) atoms. The lowest BCUT2D eigenvalue weighted by molar-refractivity contribution is -0.115. The molecular weight excluding hydrogens is 336 g/mol. The van der Waals surface area contributed by atoms with Crippen molar-refractivity contribution < 1.29 is 14.3 Å². The van der Waals surface area contributed by atoms with Crippen LogP contribution in [-0.2, 0) is 4.79 Å². The van der Waals surface area contributed by atoms with Crippen LogP contribution in [0.2, 0.25) is 0 Å². The van der Waals surface area contributed by atoms with Crippen LogP contribution in [0.3, 0.4) is 0 Å². The third-order valence-corrected chi connectivity index (χ3v) is 4.78. The Bertz CT molecular complexity index is 799. The van der Waals surface area contributed by atoms with Crippen LogP contribution in [0.4, 0.5) is 5.69 Å². The van der Waals surface area contributed by atoms with Gasteiger partial charge >= 0.3 is 0 Å². The van der Waals surface area contributed by atoms with Crippen LogP contribution in [0.25, 0.3) is 0 Å². The molecule has 1 atom stereocenters. The van der Waals surface area contributed by atoms with E-state index in [4.69, 9.17) is 14.7 Å². The van der Waals surface area contributed by atoms with E-state index in [1.807, 2.05) is 25.1 Å². The van der Waals surface area contributed by atoms with E-state index >= 15 is 0 Å². The Kier molecular flexibility index (Phi) is 5.46. The quantitative estimate of drug-likeness (QED) is 0.845. The molecule has 1 amide bonds.